The lowest BCUT2D eigenvalue weighted by molar-refractivity contribution is -0.134. The summed E-state index contributed by atoms with van der Waals surface area (Å²) in [6, 6.07) is 2.77. The van der Waals surface area contributed by atoms with Crippen LogP contribution in [0.3, 0.4) is 0 Å². The molecule has 2 rings (SSSR count). The molecular weight excluding hydrogens is 444 g/mol. The summed E-state index contributed by atoms with van der Waals surface area (Å²) in [6.07, 6.45) is 3.02. The lowest BCUT2D eigenvalue weighted by Gasteiger charge is -2.24. The summed E-state index contributed by atoms with van der Waals surface area (Å²) in [5.41, 5.74) is 0.0674. The van der Waals surface area contributed by atoms with E-state index in [9.17, 15) is 29.4 Å². The molecular formula is C24H32N2O8. The second kappa shape index (κ2) is 11.9. The summed E-state index contributed by atoms with van der Waals surface area (Å²) in [4.78, 5) is 48.8. The maximum atomic E-state index is 12.7. The number of nitrogens with one attached hydrogen (secondary N) is 2. The first-order valence-electron chi connectivity index (χ1n) is 11.0. The van der Waals surface area contributed by atoms with Crippen LogP contribution in [-0.4, -0.2) is 71.3 Å². The number of aliphatic hydroxyl groups is 2. The zero-order valence-corrected chi connectivity index (χ0v) is 19.8. The van der Waals surface area contributed by atoms with Gasteiger partial charge in [0, 0.05) is 13.0 Å². The van der Waals surface area contributed by atoms with E-state index < -0.39 is 54.5 Å². The minimum Gasteiger partial charge on any atom is -0.426 e. The molecule has 186 valence electrons. The Morgan fingerprint density at radius 1 is 1.18 bits per heavy atom. The van der Waals surface area contributed by atoms with Crippen molar-refractivity contribution in [3.63, 3.8) is 0 Å². The molecule has 10 nitrogen and oxygen atoms in total. The first-order valence-corrected chi connectivity index (χ1v) is 11.0. The number of Topliss-reactive ketones (excluding diaryl/α,β-unsaturated/α-hetero) is 1. The Morgan fingerprint density at radius 2 is 1.85 bits per heavy atom. The van der Waals surface area contributed by atoms with Crippen LogP contribution in [0.5, 0.6) is 5.75 Å². The van der Waals surface area contributed by atoms with Crippen LogP contribution in [-0.2, 0) is 23.9 Å². The summed E-state index contributed by atoms with van der Waals surface area (Å²) >= 11 is 0. The van der Waals surface area contributed by atoms with Gasteiger partial charge in [-0.05, 0) is 48.6 Å². The number of hydrogen-bond acceptors (Lipinski definition) is 8. The summed E-state index contributed by atoms with van der Waals surface area (Å²) in [6.45, 7) is 5.74. The number of esters is 1. The van der Waals surface area contributed by atoms with Crippen LogP contribution in [0.25, 0.3) is 6.08 Å². The van der Waals surface area contributed by atoms with Gasteiger partial charge in [-0.15, -0.1) is 0 Å². The molecule has 3 atom stereocenters. The Balaban J connectivity index is 2.01. The van der Waals surface area contributed by atoms with Crippen molar-refractivity contribution in [3.05, 3.63) is 35.4 Å². The second-order valence-electron chi connectivity index (χ2n) is 8.69. The van der Waals surface area contributed by atoms with Crippen molar-refractivity contribution in [1.29, 1.82) is 0 Å². The molecule has 0 aliphatic carbocycles. The fraction of sp³-hybridized carbons (Fsp3) is 0.500. The SMILES string of the molecule is CC(=O)Oc1ccc(/C=C/C(=O)N[C@@H](CO)C(=O)N[C@@H](CC(C)C)C(=O)[C@@]2(CO)CO2)cc1C. The number of aryl methyl sites for hydroxylation is 1. The van der Waals surface area contributed by atoms with Crippen LogP contribution in [0.1, 0.15) is 38.3 Å². The number of amides is 2. The van der Waals surface area contributed by atoms with Gasteiger partial charge < -0.3 is 30.3 Å². The van der Waals surface area contributed by atoms with E-state index in [0.29, 0.717) is 23.3 Å². The van der Waals surface area contributed by atoms with Gasteiger partial charge in [-0.2, -0.15) is 0 Å². The van der Waals surface area contributed by atoms with E-state index in [4.69, 9.17) is 9.47 Å². The van der Waals surface area contributed by atoms with Crippen molar-refractivity contribution in [2.75, 3.05) is 19.8 Å². The normalized spacial score (nSPS) is 18.9. The molecule has 1 saturated heterocycles. The van der Waals surface area contributed by atoms with Gasteiger partial charge in [-0.25, -0.2) is 0 Å². The maximum Gasteiger partial charge on any atom is 0.308 e. The number of epoxide rings is 1. The third-order valence-corrected chi connectivity index (χ3v) is 5.23. The molecule has 2 amide bonds. The highest BCUT2D eigenvalue weighted by atomic mass is 16.6. The number of carbonyl (C=O) groups excluding carboxylic acids is 4. The van der Waals surface area contributed by atoms with Crippen LogP contribution in [0.2, 0.25) is 0 Å². The number of ketones is 1. The number of ether oxygens (including phenoxy) is 2. The third-order valence-electron chi connectivity index (χ3n) is 5.23. The number of hydrogen-bond donors (Lipinski definition) is 4. The second-order valence-corrected chi connectivity index (χ2v) is 8.69. The highest BCUT2D eigenvalue weighted by Gasteiger charge is 2.54. The molecule has 1 heterocycles. The van der Waals surface area contributed by atoms with E-state index in [1.807, 2.05) is 13.8 Å². The molecule has 1 aromatic rings. The Bertz CT molecular complexity index is 952. The summed E-state index contributed by atoms with van der Waals surface area (Å²) < 4.78 is 10.2. The van der Waals surface area contributed by atoms with E-state index in [1.54, 1.807) is 25.1 Å². The van der Waals surface area contributed by atoms with Gasteiger partial charge in [0.05, 0.1) is 25.9 Å². The molecule has 0 spiro atoms. The van der Waals surface area contributed by atoms with Crippen LogP contribution >= 0.6 is 0 Å². The summed E-state index contributed by atoms with van der Waals surface area (Å²) in [7, 11) is 0. The van der Waals surface area contributed by atoms with Crippen LogP contribution in [0, 0.1) is 12.8 Å². The summed E-state index contributed by atoms with van der Waals surface area (Å²) in [5.74, 6) is -1.75. The van der Waals surface area contributed by atoms with E-state index in [1.165, 1.54) is 19.1 Å². The Morgan fingerprint density at radius 3 is 2.35 bits per heavy atom. The molecule has 1 aliphatic rings. The van der Waals surface area contributed by atoms with Crippen molar-refractivity contribution in [2.24, 2.45) is 5.92 Å². The molecule has 1 fully saturated rings. The minimum atomic E-state index is -1.29. The average Bonchev–Trinajstić information content (AvgIpc) is 3.57. The first kappa shape index (κ1) is 27.2. The lowest BCUT2D eigenvalue weighted by atomic mass is 9.92. The minimum absolute atomic E-state index is 0.0598. The first-order chi connectivity index (χ1) is 16.0. The molecule has 0 bridgehead atoms. The van der Waals surface area contributed by atoms with Crippen molar-refractivity contribution in [1.82, 2.24) is 10.6 Å². The highest BCUT2D eigenvalue weighted by molar-refractivity contribution is 5.99. The predicted molar refractivity (Wildman–Crippen MR) is 123 cm³/mol. The van der Waals surface area contributed by atoms with Gasteiger partial charge in [0.25, 0.3) is 0 Å². The van der Waals surface area contributed by atoms with Gasteiger partial charge in [-0.1, -0.05) is 19.9 Å². The fourth-order valence-corrected chi connectivity index (χ4v) is 3.32. The highest BCUT2D eigenvalue weighted by Crippen LogP contribution is 2.30. The molecule has 0 saturated carbocycles. The quantitative estimate of drug-likeness (QED) is 0.145. The molecule has 0 aromatic heterocycles. The lowest BCUT2D eigenvalue weighted by Crippen LogP contribution is -2.55. The Hall–Kier alpha value is -3.08. The predicted octanol–water partition coefficient (Wildman–Crippen LogP) is 0.272. The van der Waals surface area contributed by atoms with Gasteiger partial charge in [0.15, 0.2) is 11.4 Å². The Kier molecular flexibility index (Phi) is 9.48. The molecule has 1 aliphatic heterocycles. The average molecular weight is 477 g/mol. The zero-order valence-electron chi connectivity index (χ0n) is 19.8. The number of rotatable bonds is 12. The molecule has 4 N–H and O–H groups in total. The zero-order chi connectivity index (χ0) is 25.5. The third kappa shape index (κ3) is 7.47. The van der Waals surface area contributed by atoms with Gasteiger partial charge in [0.2, 0.25) is 11.8 Å². The van der Waals surface area contributed by atoms with E-state index in [-0.39, 0.29) is 12.5 Å². The van der Waals surface area contributed by atoms with E-state index in [0.717, 1.165) is 0 Å². The van der Waals surface area contributed by atoms with Crippen molar-refractivity contribution in [3.8, 4) is 5.75 Å². The monoisotopic (exact) mass is 476 g/mol. The fourth-order valence-electron chi connectivity index (χ4n) is 3.32. The van der Waals surface area contributed by atoms with Gasteiger partial charge in [-0.3, -0.25) is 19.2 Å². The van der Waals surface area contributed by atoms with Crippen LogP contribution < -0.4 is 15.4 Å². The smallest absolute Gasteiger partial charge is 0.308 e. The van der Waals surface area contributed by atoms with Gasteiger partial charge >= 0.3 is 5.97 Å². The molecule has 0 unspecified atom stereocenters. The molecule has 1 aromatic carbocycles. The standard InChI is InChI=1S/C24H32N2O8/c1-14(2)9-18(22(31)24(12-28)13-33-24)26-23(32)19(11-27)25-21(30)8-6-17-5-7-20(15(3)10-17)34-16(4)29/h5-8,10,14,18-19,27-28H,9,11-13H2,1-4H3,(H,25,30)(H,26,32)/b8-6+/t18-,19-,24+/m0/s1. The number of aliphatic hydroxyl groups excluding tert-OH is 2. The van der Waals surface area contributed by atoms with E-state index in [2.05, 4.69) is 10.6 Å². The van der Waals surface area contributed by atoms with Crippen molar-refractivity contribution >= 4 is 29.6 Å². The van der Waals surface area contributed by atoms with Crippen molar-refractivity contribution in [2.45, 2.75) is 51.8 Å². The number of carbonyl (C=O) groups is 4. The molecule has 34 heavy (non-hydrogen) atoms. The van der Waals surface area contributed by atoms with Gasteiger partial charge in [0.1, 0.15) is 11.8 Å². The van der Waals surface area contributed by atoms with Crippen LogP contribution in [0.15, 0.2) is 24.3 Å². The largest absolute Gasteiger partial charge is 0.426 e. The topological polar surface area (TPSA) is 155 Å². The summed E-state index contributed by atoms with van der Waals surface area (Å²) in [5, 5.41) is 24.1. The number of benzene rings is 1. The Labute approximate surface area is 198 Å². The van der Waals surface area contributed by atoms with Crippen LogP contribution in [0.4, 0.5) is 0 Å². The molecule has 0 radical (unpaired) electrons. The van der Waals surface area contributed by atoms with Crippen molar-refractivity contribution < 1.29 is 38.9 Å². The maximum absolute atomic E-state index is 12.7. The van der Waals surface area contributed by atoms with E-state index >= 15 is 0 Å². The molecule has 10 heteroatoms.